The van der Waals surface area contributed by atoms with Crippen LogP contribution in [0.25, 0.3) is 0 Å². The molecule has 1 heterocycles. The smallest absolute Gasteiger partial charge is 0.228 e. The van der Waals surface area contributed by atoms with E-state index in [0.29, 0.717) is 24.4 Å². The van der Waals surface area contributed by atoms with Crippen LogP contribution in [-0.4, -0.2) is 33.6 Å². The molecule has 0 saturated heterocycles. The maximum absolute atomic E-state index is 11.7. The number of nitrogens with one attached hydrogen (secondary N) is 1. The Hall–Kier alpha value is -2.90. The molecule has 1 aromatic heterocycles. The minimum absolute atomic E-state index is 0.0329. The van der Waals surface area contributed by atoms with E-state index in [1.807, 2.05) is 0 Å². The van der Waals surface area contributed by atoms with Crippen molar-refractivity contribution in [2.45, 2.75) is 12.8 Å². The molecule has 110 valence electrons. The molecule has 0 spiro atoms. The predicted molar refractivity (Wildman–Crippen MR) is 73.7 cm³/mol. The van der Waals surface area contributed by atoms with E-state index < -0.39 is 0 Å². The highest BCUT2D eigenvalue weighted by molar-refractivity contribution is 5.97. The molecule has 2 aromatic rings. The summed E-state index contributed by atoms with van der Waals surface area (Å²) in [6.07, 6.45) is 2.06. The molecule has 0 aliphatic heterocycles. The fraction of sp³-hybridized carbons (Fsp3) is 0.231. The molecule has 0 saturated carbocycles. The molecule has 0 atom stereocenters. The van der Waals surface area contributed by atoms with Gasteiger partial charge in [-0.3, -0.25) is 4.79 Å². The SMILES string of the molecule is N/C(=N/O)c1ccc(CC(=O)NCCc2ncno2)cc1. The average molecular weight is 289 g/mol. The Morgan fingerprint density at radius 3 is 2.76 bits per heavy atom. The molecule has 4 N–H and O–H groups in total. The zero-order valence-corrected chi connectivity index (χ0v) is 11.2. The normalized spacial score (nSPS) is 11.3. The van der Waals surface area contributed by atoms with E-state index in [9.17, 15) is 4.79 Å². The number of hydrogen-bond donors (Lipinski definition) is 3. The van der Waals surface area contributed by atoms with Crippen molar-refractivity contribution < 1.29 is 14.5 Å². The Morgan fingerprint density at radius 2 is 2.14 bits per heavy atom. The first-order valence-corrected chi connectivity index (χ1v) is 6.28. The van der Waals surface area contributed by atoms with Crippen molar-refractivity contribution in [2.24, 2.45) is 10.9 Å². The summed E-state index contributed by atoms with van der Waals surface area (Å²) < 4.78 is 4.82. The molecule has 0 bridgehead atoms. The number of nitrogens with two attached hydrogens (primary N) is 1. The van der Waals surface area contributed by atoms with Gasteiger partial charge in [0.15, 0.2) is 12.2 Å². The lowest BCUT2D eigenvalue weighted by Gasteiger charge is -2.05. The van der Waals surface area contributed by atoms with E-state index in [0.717, 1.165) is 5.56 Å². The molecule has 0 fully saturated rings. The number of oxime groups is 1. The van der Waals surface area contributed by atoms with E-state index in [1.54, 1.807) is 24.3 Å². The first kappa shape index (κ1) is 14.5. The van der Waals surface area contributed by atoms with E-state index in [4.69, 9.17) is 15.5 Å². The van der Waals surface area contributed by atoms with Gasteiger partial charge in [0.2, 0.25) is 11.8 Å². The number of hydrogen-bond acceptors (Lipinski definition) is 6. The number of carbonyl (C=O) groups is 1. The van der Waals surface area contributed by atoms with Gasteiger partial charge in [0, 0.05) is 18.5 Å². The standard InChI is InChI=1S/C13H15N5O3/c14-13(18-20)10-3-1-9(2-4-10)7-11(19)15-6-5-12-16-8-17-21-12/h1-4,8,20H,5-7H2,(H2,14,18)(H,15,19). The molecule has 0 radical (unpaired) electrons. The van der Waals surface area contributed by atoms with E-state index in [1.165, 1.54) is 6.33 Å². The van der Waals surface area contributed by atoms with Gasteiger partial charge in [-0.2, -0.15) is 4.98 Å². The lowest BCUT2D eigenvalue weighted by molar-refractivity contribution is -0.120. The Bertz CT molecular complexity index is 607. The molecule has 0 aliphatic carbocycles. The van der Waals surface area contributed by atoms with Gasteiger partial charge in [-0.25, -0.2) is 0 Å². The van der Waals surface area contributed by atoms with Crippen LogP contribution in [0.4, 0.5) is 0 Å². The molecule has 1 aromatic carbocycles. The fourth-order valence-electron chi connectivity index (χ4n) is 1.71. The summed E-state index contributed by atoms with van der Waals surface area (Å²) in [5.74, 6) is 0.412. The highest BCUT2D eigenvalue weighted by Gasteiger charge is 2.05. The zero-order chi connectivity index (χ0) is 15.1. The Balaban J connectivity index is 1.79. The Labute approximate surface area is 120 Å². The number of benzene rings is 1. The molecule has 0 aliphatic rings. The third kappa shape index (κ3) is 4.30. The van der Waals surface area contributed by atoms with Gasteiger partial charge in [0.25, 0.3) is 0 Å². The minimum Gasteiger partial charge on any atom is -0.409 e. The number of carbonyl (C=O) groups excluding carboxylic acids is 1. The average Bonchev–Trinajstić information content (AvgIpc) is 3.00. The summed E-state index contributed by atoms with van der Waals surface area (Å²) in [6.45, 7) is 0.434. The van der Waals surface area contributed by atoms with Gasteiger partial charge in [0.05, 0.1) is 6.42 Å². The van der Waals surface area contributed by atoms with E-state index >= 15 is 0 Å². The minimum atomic E-state index is -0.105. The maximum Gasteiger partial charge on any atom is 0.228 e. The third-order valence-electron chi connectivity index (χ3n) is 2.79. The lowest BCUT2D eigenvalue weighted by atomic mass is 10.1. The number of aromatic nitrogens is 2. The van der Waals surface area contributed by atoms with Crippen LogP contribution in [0.5, 0.6) is 0 Å². The van der Waals surface area contributed by atoms with Gasteiger partial charge < -0.3 is 20.8 Å². The van der Waals surface area contributed by atoms with Crippen LogP contribution in [-0.2, 0) is 17.6 Å². The summed E-state index contributed by atoms with van der Waals surface area (Å²) in [7, 11) is 0. The Morgan fingerprint density at radius 1 is 1.38 bits per heavy atom. The van der Waals surface area contributed by atoms with Crippen molar-refractivity contribution in [3.05, 3.63) is 47.6 Å². The quantitative estimate of drug-likeness (QED) is 0.299. The van der Waals surface area contributed by atoms with Gasteiger partial charge in [-0.05, 0) is 5.56 Å². The van der Waals surface area contributed by atoms with Crippen molar-refractivity contribution >= 4 is 11.7 Å². The number of amidine groups is 1. The van der Waals surface area contributed by atoms with Crippen LogP contribution in [0.15, 0.2) is 40.3 Å². The molecular weight excluding hydrogens is 274 g/mol. The second-order valence-electron chi connectivity index (χ2n) is 4.29. The highest BCUT2D eigenvalue weighted by atomic mass is 16.5. The van der Waals surface area contributed by atoms with Crippen LogP contribution in [0.3, 0.4) is 0 Å². The summed E-state index contributed by atoms with van der Waals surface area (Å²) >= 11 is 0. The largest absolute Gasteiger partial charge is 0.409 e. The summed E-state index contributed by atoms with van der Waals surface area (Å²) in [5.41, 5.74) is 6.89. The summed E-state index contributed by atoms with van der Waals surface area (Å²) in [5, 5.41) is 17.7. The topological polar surface area (TPSA) is 127 Å². The molecule has 2 rings (SSSR count). The number of amides is 1. The Kier molecular flexibility index (Phi) is 4.86. The lowest BCUT2D eigenvalue weighted by Crippen LogP contribution is -2.27. The number of nitrogens with zero attached hydrogens (tertiary/aromatic N) is 3. The van der Waals surface area contributed by atoms with Crippen molar-refractivity contribution in [1.29, 1.82) is 0 Å². The van der Waals surface area contributed by atoms with Crippen LogP contribution >= 0.6 is 0 Å². The molecule has 21 heavy (non-hydrogen) atoms. The van der Waals surface area contributed by atoms with Crippen LogP contribution < -0.4 is 11.1 Å². The third-order valence-corrected chi connectivity index (χ3v) is 2.79. The van der Waals surface area contributed by atoms with E-state index in [2.05, 4.69) is 20.6 Å². The summed E-state index contributed by atoms with van der Waals surface area (Å²) in [6, 6.07) is 6.89. The fourth-order valence-corrected chi connectivity index (χ4v) is 1.71. The predicted octanol–water partition coefficient (Wildman–Crippen LogP) is 0.0655. The van der Waals surface area contributed by atoms with Gasteiger partial charge in [-0.1, -0.05) is 34.6 Å². The van der Waals surface area contributed by atoms with Crippen molar-refractivity contribution in [1.82, 2.24) is 15.5 Å². The zero-order valence-electron chi connectivity index (χ0n) is 11.2. The van der Waals surface area contributed by atoms with Gasteiger partial charge in [0.1, 0.15) is 0 Å². The molecule has 0 unspecified atom stereocenters. The second kappa shape index (κ2) is 7.04. The molecule has 1 amide bonds. The highest BCUT2D eigenvalue weighted by Crippen LogP contribution is 2.05. The molecule has 8 heteroatoms. The molecule has 8 nitrogen and oxygen atoms in total. The van der Waals surface area contributed by atoms with Crippen LogP contribution in [0, 0.1) is 0 Å². The van der Waals surface area contributed by atoms with Crippen molar-refractivity contribution in [3.63, 3.8) is 0 Å². The van der Waals surface area contributed by atoms with Gasteiger partial charge >= 0.3 is 0 Å². The van der Waals surface area contributed by atoms with Gasteiger partial charge in [-0.15, -0.1) is 0 Å². The first-order chi connectivity index (χ1) is 10.2. The van der Waals surface area contributed by atoms with Crippen LogP contribution in [0.1, 0.15) is 17.0 Å². The maximum atomic E-state index is 11.7. The van der Waals surface area contributed by atoms with Crippen molar-refractivity contribution in [3.8, 4) is 0 Å². The molecular formula is C13H15N5O3. The first-order valence-electron chi connectivity index (χ1n) is 6.28. The van der Waals surface area contributed by atoms with E-state index in [-0.39, 0.29) is 18.2 Å². The number of rotatable bonds is 6. The summed E-state index contributed by atoms with van der Waals surface area (Å²) in [4.78, 5) is 15.6. The van der Waals surface area contributed by atoms with Crippen LogP contribution in [0.2, 0.25) is 0 Å². The monoisotopic (exact) mass is 289 g/mol. The van der Waals surface area contributed by atoms with Crippen molar-refractivity contribution in [2.75, 3.05) is 6.54 Å². The second-order valence-corrected chi connectivity index (χ2v) is 4.29.